The molecule has 1 amide bonds. The van der Waals surface area contributed by atoms with Gasteiger partial charge in [0.1, 0.15) is 0 Å². The summed E-state index contributed by atoms with van der Waals surface area (Å²) in [6, 6.07) is 5.67. The van der Waals surface area contributed by atoms with Crippen LogP contribution in [0.1, 0.15) is 11.1 Å². The van der Waals surface area contributed by atoms with Crippen LogP contribution in [0.4, 0.5) is 5.69 Å². The Morgan fingerprint density at radius 2 is 1.94 bits per heavy atom. The van der Waals surface area contributed by atoms with Gasteiger partial charge in [0, 0.05) is 17.8 Å². The number of carboxylic acids is 1. The van der Waals surface area contributed by atoms with Crippen LogP contribution in [0, 0.1) is 13.8 Å². The standard InChI is InChI=1S/C12H13NO3/c1-8-3-4-9(2)10(7-8)13-11(14)5-6-12(15)16/h3-7H,1-2H3,(H,13,14)(H,15,16)/b6-5+. The fourth-order valence-electron chi connectivity index (χ4n) is 1.19. The summed E-state index contributed by atoms with van der Waals surface area (Å²) in [5, 5.41) is 11.0. The summed E-state index contributed by atoms with van der Waals surface area (Å²) in [7, 11) is 0. The van der Waals surface area contributed by atoms with Crippen molar-refractivity contribution in [2.24, 2.45) is 0 Å². The molecule has 16 heavy (non-hydrogen) atoms. The Labute approximate surface area is 93.6 Å². The van der Waals surface area contributed by atoms with Crippen LogP contribution in [0.15, 0.2) is 30.4 Å². The van der Waals surface area contributed by atoms with Gasteiger partial charge in [-0.1, -0.05) is 12.1 Å². The summed E-state index contributed by atoms with van der Waals surface area (Å²) in [5.41, 5.74) is 2.66. The highest BCUT2D eigenvalue weighted by Crippen LogP contribution is 2.16. The van der Waals surface area contributed by atoms with E-state index >= 15 is 0 Å². The first-order valence-corrected chi connectivity index (χ1v) is 4.78. The molecule has 1 aromatic rings. The second kappa shape index (κ2) is 5.11. The number of carboxylic acid groups (broad SMARTS) is 1. The Morgan fingerprint density at radius 3 is 2.56 bits per heavy atom. The van der Waals surface area contributed by atoms with Gasteiger partial charge in [0.05, 0.1) is 0 Å². The monoisotopic (exact) mass is 219 g/mol. The molecule has 0 aliphatic heterocycles. The number of aliphatic carboxylic acids is 1. The molecule has 2 N–H and O–H groups in total. The van der Waals surface area contributed by atoms with E-state index in [0.29, 0.717) is 5.69 Å². The predicted octanol–water partition coefficient (Wildman–Crippen LogP) is 1.88. The quantitative estimate of drug-likeness (QED) is 0.763. The smallest absolute Gasteiger partial charge is 0.328 e. The third kappa shape index (κ3) is 3.57. The summed E-state index contributed by atoms with van der Waals surface area (Å²) in [4.78, 5) is 21.5. The lowest BCUT2D eigenvalue weighted by Gasteiger charge is -2.06. The first-order chi connectivity index (χ1) is 7.49. The second-order valence-electron chi connectivity index (χ2n) is 3.48. The molecule has 0 saturated heterocycles. The van der Waals surface area contributed by atoms with Crippen molar-refractivity contribution >= 4 is 17.6 Å². The SMILES string of the molecule is Cc1ccc(C)c(NC(=O)/C=C/C(=O)O)c1. The number of rotatable bonds is 3. The molecule has 0 spiro atoms. The van der Waals surface area contributed by atoms with Gasteiger partial charge in [-0.15, -0.1) is 0 Å². The molecular weight excluding hydrogens is 206 g/mol. The third-order valence-electron chi connectivity index (χ3n) is 2.03. The van der Waals surface area contributed by atoms with Gasteiger partial charge in [-0.25, -0.2) is 4.79 Å². The largest absolute Gasteiger partial charge is 0.478 e. The van der Waals surface area contributed by atoms with Gasteiger partial charge in [0.15, 0.2) is 0 Å². The lowest BCUT2D eigenvalue weighted by Crippen LogP contribution is -2.09. The molecule has 0 aliphatic rings. The van der Waals surface area contributed by atoms with Crippen LogP contribution in [0.5, 0.6) is 0 Å². The highest BCUT2D eigenvalue weighted by atomic mass is 16.4. The minimum atomic E-state index is -1.14. The van der Waals surface area contributed by atoms with Crippen LogP contribution >= 0.6 is 0 Å². The maximum absolute atomic E-state index is 11.3. The van der Waals surface area contributed by atoms with Gasteiger partial charge in [-0.2, -0.15) is 0 Å². The summed E-state index contributed by atoms with van der Waals surface area (Å²) in [6.07, 6.45) is 1.80. The van der Waals surface area contributed by atoms with Crippen molar-refractivity contribution in [1.29, 1.82) is 0 Å². The van der Waals surface area contributed by atoms with E-state index in [1.165, 1.54) is 0 Å². The van der Waals surface area contributed by atoms with Gasteiger partial charge in [0.2, 0.25) is 5.91 Å². The highest BCUT2D eigenvalue weighted by molar-refractivity contribution is 6.02. The zero-order valence-corrected chi connectivity index (χ0v) is 9.15. The van der Waals surface area contributed by atoms with Gasteiger partial charge in [-0.3, -0.25) is 4.79 Å². The molecule has 0 saturated carbocycles. The molecule has 0 bridgehead atoms. The molecule has 0 heterocycles. The third-order valence-corrected chi connectivity index (χ3v) is 2.03. The molecule has 0 aromatic heterocycles. The lowest BCUT2D eigenvalue weighted by atomic mass is 10.1. The summed E-state index contributed by atoms with van der Waals surface area (Å²) in [6.45, 7) is 3.79. The van der Waals surface area contributed by atoms with E-state index in [9.17, 15) is 9.59 Å². The number of aryl methyl sites for hydroxylation is 2. The zero-order chi connectivity index (χ0) is 12.1. The van der Waals surface area contributed by atoms with E-state index in [1.54, 1.807) is 0 Å². The van der Waals surface area contributed by atoms with E-state index in [1.807, 2.05) is 32.0 Å². The molecule has 4 heteroatoms. The van der Waals surface area contributed by atoms with Crippen LogP contribution in [0.2, 0.25) is 0 Å². The topological polar surface area (TPSA) is 66.4 Å². The molecule has 0 fully saturated rings. The van der Waals surface area contributed by atoms with Gasteiger partial charge >= 0.3 is 5.97 Å². The van der Waals surface area contributed by atoms with Crippen molar-refractivity contribution < 1.29 is 14.7 Å². The van der Waals surface area contributed by atoms with E-state index in [-0.39, 0.29) is 0 Å². The average molecular weight is 219 g/mol. The summed E-state index contributed by atoms with van der Waals surface area (Å²) < 4.78 is 0. The first-order valence-electron chi connectivity index (χ1n) is 4.78. The number of hydrogen-bond acceptors (Lipinski definition) is 2. The predicted molar refractivity (Wildman–Crippen MR) is 61.3 cm³/mol. The summed E-state index contributed by atoms with van der Waals surface area (Å²) in [5.74, 6) is -1.59. The van der Waals surface area contributed by atoms with Crippen LogP contribution in [0.3, 0.4) is 0 Å². The average Bonchev–Trinajstić information content (AvgIpc) is 2.20. The number of nitrogens with one attached hydrogen (secondary N) is 1. The minimum absolute atomic E-state index is 0.448. The molecule has 0 unspecified atom stereocenters. The second-order valence-corrected chi connectivity index (χ2v) is 3.48. The summed E-state index contributed by atoms with van der Waals surface area (Å²) >= 11 is 0. The molecule has 0 aliphatic carbocycles. The molecule has 4 nitrogen and oxygen atoms in total. The number of carbonyl (C=O) groups is 2. The van der Waals surface area contributed by atoms with E-state index in [4.69, 9.17) is 5.11 Å². The van der Waals surface area contributed by atoms with Crippen molar-refractivity contribution in [3.8, 4) is 0 Å². The van der Waals surface area contributed by atoms with E-state index in [2.05, 4.69) is 5.32 Å². The number of hydrogen-bond donors (Lipinski definition) is 2. The van der Waals surface area contributed by atoms with Crippen molar-refractivity contribution in [3.63, 3.8) is 0 Å². The number of carbonyl (C=O) groups excluding carboxylic acids is 1. The molecule has 1 aromatic carbocycles. The van der Waals surface area contributed by atoms with Crippen LogP contribution < -0.4 is 5.32 Å². The Morgan fingerprint density at radius 1 is 1.25 bits per heavy atom. The van der Waals surface area contributed by atoms with E-state index in [0.717, 1.165) is 23.3 Å². The van der Waals surface area contributed by atoms with Crippen molar-refractivity contribution in [2.45, 2.75) is 13.8 Å². The van der Waals surface area contributed by atoms with Gasteiger partial charge in [0.25, 0.3) is 0 Å². The van der Waals surface area contributed by atoms with Crippen molar-refractivity contribution in [2.75, 3.05) is 5.32 Å². The molecule has 0 radical (unpaired) electrons. The zero-order valence-electron chi connectivity index (χ0n) is 9.15. The first kappa shape index (κ1) is 12.0. The fourth-order valence-corrected chi connectivity index (χ4v) is 1.19. The Kier molecular flexibility index (Phi) is 3.83. The number of anilines is 1. The Hall–Kier alpha value is -2.10. The number of benzene rings is 1. The maximum atomic E-state index is 11.3. The molecule has 1 rings (SSSR count). The Balaban J connectivity index is 2.77. The van der Waals surface area contributed by atoms with Crippen LogP contribution in [0.25, 0.3) is 0 Å². The fraction of sp³-hybridized carbons (Fsp3) is 0.167. The van der Waals surface area contributed by atoms with E-state index < -0.39 is 11.9 Å². The lowest BCUT2D eigenvalue weighted by molar-refractivity contribution is -0.131. The molecule has 84 valence electrons. The highest BCUT2D eigenvalue weighted by Gasteiger charge is 2.02. The van der Waals surface area contributed by atoms with Gasteiger partial charge in [-0.05, 0) is 31.0 Å². The normalized spacial score (nSPS) is 10.4. The molecular formula is C12H13NO3. The maximum Gasteiger partial charge on any atom is 0.328 e. The minimum Gasteiger partial charge on any atom is -0.478 e. The van der Waals surface area contributed by atoms with Crippen LogP contribution in [-0.4, -0.2) is 17.0 Å². The van der Waals surface area contributed by atoms with Crippen LogP contribution in [-0.2, 0) is 9.59 Å². The van der Waals surface area contributed by atoms with Crippen molar-refractivity contribution in [3.05, 3.63) is 41.5 Å². The van der Waals surface area contributed by atoms with Gasteiger partial charge < -0.3 is 10.4 Å². The number of amides is 1. The van der Waals surface area contributed by atoms with Crippen molar-refractivity contribution in [1.82, 2.24) is 0 Å². The Bertz CT molecular complexity index is 450. The molecule has 0 atom stereocenters.